The molecule has 0 spiro atoms. The average Bonchev–Trinajstić information content (AvgIpc) is 2.06. The number of halogens is 4. The standard InChI is InChI=1S/C7H6F3IN2O/c8-7(9,10)14-5-1-4(2-12)6(11)13-3-5/h1,3H,2,12H2. The average molecular weight is 318 g/mol. The first-order chi connectivity index (χ1) is 6.42. The van der Waals surface area contributed by atoms with E-state index in [-0.39, 0.29) is 12.3 Å². The van der Waals surface area contributed by atoms with Crippen LogP contribution in [0, 0.1) is 3.70 Å². The van der Waals surface area contributed by atoms with Gasteiger partial charge in [-0.2, -0.15) is 0 Å². The van der Waals surface area contributed by atoms with E-state index in [9.17, 15) is 13.2 Å². The fourth-order valence-electron chi connectivity index (χ4n) is 0.804. The minimum atomic E-state index is -4.69. The van der Waals surface area contributed by atoms with Gasteiger partial charge >= 0.3 is 6.36 Å². The Morgan fingerprint density at radius 3 is 2.64 bits per heavy atom. The Hall–Kier alpha value is -0.570. The van der Waals surface area contributed by atoms with Gasteiger partial charge in [0.1, 0.15) is 9.45 Å². The summed E-state index contributed by atoms with van der Waals surface area (Å²) in [4.78, 5) is 3.72. The first kappa shape index (κ1) is 11.5. The number of nitrogens with zero attached hydrogens (tertiary/aromatic N) is 1. The zero-order valence-corrected chi connectivity index (χ0v) is 8.96. The molecule has 0 unspecified atom stereocenters. The molecule has 0 saturated heterocycles. The molecule has 1 heterocycles. The highest BCUT2D eigenvalue weighted by Gasteiger charge is 2.31. The number of hydrogen-bond donors (Lipinski definition) is 1. The van der Waals surface area contributed by atoms with Crippen LogP contribution in [0.25, 0.3) is 0 Å². The Morgan fingerprint density at radius 1 is 1.50 bits per heavy atom. The molecule has 0 aromatic carbocycles. The Balaban J connectivity index is 2.90. The SMILES string of the molecule is NCc1cc(OC(F)(F)F)cnc1I. The topological polar surface area (TPSA) is 48.1 Å². The summed E-state index contributed by atoms with van der Waals surface area (Å²) >= 11 is 1.89. The van der Waals surface area contributed by atoms with Gasteiger partial charge in [0.15, 0.2) is 0 Å². The van der Waals surface area contributed by atoms with Crippen LogP contribution >= 0.6 is 22.6 Å². The van der Waals surface area contributed by atoms with Crippen molar-refractivity contribution in [2.45, 2.75) is 12.9 Å². The van der Waals surface area contributed by atoms with Crippen molar-refractivity contribution in [2.75, 3.05) is 0 Å². The fraction of sp³-hybridized carbons (Fsp3) is 0.286. The molecule has 2 N–H and O–H groups in total. The Bertz CT molecular complexity index is 329. The summed E-state index contributed by atoms with van der Waals surface area (Å²) in [6.07, 6.45) is -3.69. The van der Waals surface area contributed by atoms with Crippen LogP contribution in [-0.4, -0.2) is 11.3 Å². The number of rotatable bonds is 2. The van der Waals surface area contributed by atoms with Crippen molar-refractivity contribution in [3.05, 3.63) is 21.5 Å². The van der Waals surface area contributed by atoms with Crippen LogP contribution in [0.1, 0.15) is 5.56 Å². The molecule has 7 heteroatoms. The van der Waals surface area contributed by atoms with E-state index >= 15 is 0 Å². The van der Waals surface area contributed by atoms with Gasteiger partial charge in [-0.15, -0.1) is 13.2 Å². The lowest BCUT2D eigenvalue weighted by Gasteiger charge is -2.09. The zero-order chi connectivity index (χ0) is 10.8. The molecule has 0 radical (unpaired) electrons. The molecule has 0 fully saturated rings. The summed E-state index contributed by atoms with van der Waals surface area (Å²) < 4.78 is 39.6. The minimum absolute atomic E-state index is 0.125. The second kappa shape index (κ2) is 4.30. The van der Waals surface area contributed by atoms with E-state index < -0.39 is 6.36 Å². The van der Waals surface area contributed by atoms with Crippen LogP contribution in [0.4, 0.5) is 13.2 Å². The molecule has 0 amide bonds. The van der Waals surface area contributed by atoms with Gasteiger partial charge in [0.25, 0.3) is 0 Å². The highest BCUT2D eigenvalue weighted by molar-refractivity contribution is 14.1. The van der Waals surface area contributed by atoms with Crippen molar-refractivity contribution in [3.63, 3.8) is 0 Å². The maximum atomic E-state index is 11.8. The molecular weight excluding hydrogens is 312 g/mol. The van der Waals surface area contributed by atoms with Gasteiger partial charge in [-0.1, -0.05) is 0 Å². The molecule has 0 atom stereocenters. The van der Waals surface area contributed by atoms with E-state index in [1.807, 2.05) is 22.6 Å². The van der Waals surface area contributed by atoms with Crippen molar-refractivity contribution in [3.8, 4) is 5.75 Å². The number of nitrogens with two attached hydrogens (primary N) is 1. The summed E-state index contributed by atoms with van der Waals surface area (Å²) in [6, 6.07) is 1.22. The second-order valence-corrected chi connectivity index (χ2v) is 3.39. The minimum Gasteiger partial charge on any atom is -0.404 e. The second-order valence-electron chi connectivity index (χ2n) is 2.37. The molecule has 1 aromatic rings. The summed E-state index contributed by atoms with van der Waals surface area (Å²) in [5.41, 5.74) is 5.82. The normalized spacial score (nSPS) is 11.5. The van der Waals surface area contributed by atoms with Gasteiger partial charge in [0, 0.05) is 12.1 Å². The summed E-state index contributed by atoms with van der Waals surface area (Å²) in [6.45, 7) is 0.125. The third-order valence-corrected chi connectivity index (χ3v) is 2.31. The Labute approximate surface area is 91.6 Å². The highest BCUT2D eigenvalue weighted by atomic mass is 127. The number of ether oxygens (including phenoxy) is 1. The molecule has 0 aliphatic rings. The molecule has 0 saturated carbocycles. The molecule has 14 heavy (non-hydrogen) atoms. The van der Waals surface area contributed by atoms with Crippen LogP contribution < -0.4 is 10.5 Å². The van der Waals surface area contributed by atoms with Gasteiger partial charge in [0.2, 0.25) is 0 Å². The number of aromatic nitrogens is 1. The lowest BCUT2D eigenvalue weighted by atomic mass is 10.3. The molecule has 0 aliphatic heterocycles. The third kappa shape index (κ3) is 3.29. The molecule has 1 aromatic heterocycles. The van der Waals surface area contributed by atoms with Gasteiger partial charge in [-0.3, -0.25) is 0 Å². The summed E-state index contributed by atoms with van der Waals surface area (Å²) in [5.74, 6) is -0.349. The quantitative estimate of drug-likeness (QED) is 0.671. The van der Waals surface area contributed by atoms with Crippen LogP contribution in [0.2, 0.25) is 0 Å². The Morgan fingerprint density at radius 2 is 2.14 bits per heavy atom. The van der Waals surface area contributed by atoms with Crippen LogP contribution in [0.15, 0.2) is 12.3 Å². The molecular formula is C7H6F3IN2O. The van der Waals surface area contributed by atoms with Gasteiger partial charge in [-0.25, -0.2) is 4.98 Å². The smallest absolute Gasteiger partial charge is 0.404 e. The van der Waals surface area contributed by atoms with E-state index in [1.54, 1.807) is 0 Å². The maximum absolute atomic E-state index is 11.8. The first-order valence-corrected chi connectivity index (χ1v) is 4.60. The third-order valence-electron chi connectivity index (χ3n) is 1.34. The number of hydrogen-bond acceptors (Lipinski definition) is 3. The van der Waals surface area contributed by atoms with Gasteiger partial charge in [0.05, 0.1) is 6.20 Å². The predicted molar refractivity (Wildman–Crippen MR) is 51.5 cm³/mol. The molecule has 1 rings (SSSR count). The zero-order valence-electron chi connectivity index (χ0n) is 6.81. The molecule has 3 nitrogen and oxygen atoms in total. The molecule has 78 valence electrons. The Kier molecular flexibility index (Phi) is 3.53. The van der Waals surface area contributed by atoms with Crippen LogP contribution in [0.3, 0.4) is 0 Å². The number of pyridine rings is 1. The largest absolute Gasteiger partial charge is 0.573 e. The van der Waals surface area contributed by atoms with Gasteiger partial charge < -0.3 is 10.5 Å². The first-order valence-electron chi connectivity index (χ1n) is 3.52. The number of alkyl halides is 3. The van der Waals surface area contributed by atoms with E-state index in [0.717, 1.165) is 6.20 Å². The lowest BCUT2D eigenvalue weighted by molar-refractivity contribution is -0.274. The van der Waals surface area contributed by atoms with Crippen LogP contribution in [0.5, 0.6) is 5.75 Å². The summed E-state index contributed by atoms with van der Waals surface area (Å²) in [7, 11) is 0. The summed E-state index contributed by atoms with van der Waals surface area (Å²) in [5, 5.41) is 0. The monoisotopic (exact) mass is 318 g/mol. The van der Waals surface area contributed by atoms with E-state index in [0.29, 0.717) is 9.26 Å². The van der Waals surface area contributed by atoms with E-state index in [1.165, 1.54) is 6.07 Å². The fourth-order valence-corrected chi connectivity index (χ4v) is 1.32. The predicted octanol–water partition coefficient (Wildman–Crippen LogP) is 2.04. The van der Waals surface area contributed by atoms with Crippen molar-refractivity contribution in [1.29, 1.82) is 0 Å². The van der Waals surface area contributed by atoms with Crippen molar-refractivity contribution in [1.82, 2.24) is 4.98 Å². The van der Waals surface area contributed by atoms with Crippen molar-refractivity contribution >= 4 is 22.6 Å². The van der Waals surface area contributed by atoms with E-state index in [4.69, 9.17) is 5.73 Å². The van der Waals surface area contributed by atoms with Crippen LogP contribution in [-0.2, 0) is 6.54 Å². The van der Waals surface area contributed by atoms with Gasteiger partial charge in [-0.05, 0) is 28.7 Å². The lowest BCUT2D eigenvalue weighted by Crippen LogP contribution is -2.17. The van der Waals surface area contributed by atoms with Crippen molar-refractivity contribution in [2.24, 2.45) is 5.73 Å². The van der Waals surface area contributed by atoms with E-state index in [2.05, 4.69) is 9.72 Å². The highest BCUT2D eigenvalue weighted by Crippen LogP contribution is 2.23. The maximum Gasteiger partial charge on any atom is 0.573 e. The molecule has 0 aliphatic carbocycles. The molecule has 0 bridgehead atoms. The van der Waals surface area contributed by atoms with Crippen molar-refractivity contribution < 1.29 is 17.9 Å².